The Morgan fingerprint density at radius 1 is 1.07 bits per heavy atom. The second-order valence-electron chi connectivity index (χ2n) is 14.3. The molecule has 8 heteroatoms. The molecule has 8 atom stereocenters. The number of fused-ring (bicyclic) bond motifs is 5. The molecule has 0 saturated heterocycles. The number of alkyl carbamates (subject to hydrolysis) is 1. The minimum Gasteiger partial charge on any atom is -0.446 e. The largest absolute Gasteiger partial charge is 0.446 e. The Morgan fingerprint density at radius 2 is 1.81 bits per heavy atom. The zero-order chi connectivity index (χ0) is 31.1. The van der Waals surface area contributed by atoms with Gasteiger partial charge in [-0.2, -0.15) is 4.99 Å². The number of nitrogens with one attached hydrogen (secondary N) is 1. The monoisotopic (exact) mass is 582 g/mol. The summed E-state index contributed by atoms with van der Waals surface area (Å²) in [5, 5.41) is 2.77. The molecule has 0 aliphatic heterocycles. The average molecular weight is 583 g/mol. The van der Waals surface area contributed by atoms with Crippen LogP contribution in [0, 0.1) is 59.2 Å². The van der Waals surface area contributed by atoms with E-state index in [1.807, 2.05) is 0 Å². The van der Waals surface area contributed by atoms with Crippen LogP contribution in [0.15, 0.2) is 21.6 Å². The van der Waals surface area contributed by atoms with Gasteiger partial charge in [0.25, 0.3) is 0 Å². The lowest BCUT2D eigenvalue weighted by Gasteiger charge is -2.58. The van der Waals surface area contributed by atoms with Crippen LogP contribution in [0.1, 0.15) is 105 Å². The zero-order valence-electron chi connectivity index (χ0n) is 26.9. The van der Waals surface area contributed by atoms with Crippen LogP contribution in [0.25, 0.3) is 0 Å². The molecule has 8 nitrogen and oxygen atoms in total. The lowest BCUT2D eigenvalue weighted by molar-refractivity contribution is -0.0581. The van der Waals surface area contributed by atoms with E-state index in [0.29, 0.717) is 12.0 Å². The Labute approximate surface area is 255 Å². The van der Waals surface area contributed by atoms with Crippen LogP contribution in [-0.4, -0.2) is 37.2 Å². The van der Waals surface area contributed by atoms with Gasteiger partial charge in [-0.1, -0.05) is 65.5 Å². The first kappa shape index (κ1) is 33.8. The molecule has 4 aliphatic rings. The van der Waals surface area contributed by atoms with Crippen molar-refractivity contribution in [2.24, 2.45) is 73.5 Å². The smallest absolute Gasteiger partial charge is 0.407 e. The van der Waals surface area contributed by atoms with Crippen LogP contribution >= 0.6 is 0 Å². The SMILES string of the molecule is C#C.CC(C)CCC[C@@H](C)C1CCC2[C@@H]3CC=C4CC(OC(=O)NCCN=C(N)N=C(N)N)CCC4(C)C3CCC21C. The number of amides is 1. The molecular formula is C34H58N6O2. The van der Waals surface area contributed by atoms with Crippen molar-refractivity contribution in [3.63, 3.8) is 0 Å². The van der Waals surface area contributed by atoms with Crippen LogP contribution in [-0.2, 0) is 4.74 Å². The van der Waals surface area contributed by atoms with Gasteiger partial charge in [0, 0.05) is 13.0 Å². The predicted octanol–water partition coefficient (Wildman–Crippen LogP) is 5.96. The minimum absolute atomic E-state index is 0.00317. The molecule has 0 heterocycles. The first-order chi connectivity index (χ1) is 19.9. The van der Waals surface area contributed by atoms with E-state index in [4.69, 9.17) is 21.9 Å². The summed E-state index contributed by atoms with van der Waals surface area (Å²) in [5.74, 6) is 4.85. The van der Waals surface area contributed by atoms with Crippen molar-refractivity contribution in [1.82, 2.24) is 5.32 Å². The molecule has 0 aromatic heterocycles. The molecule has 42 heavy (non-hydrogen) atoms. The van der Waals surface area contributed by atoms with Gasteiger partial charge < -0.3 is 27.3 Å². The van der Waals surface area contributed by atoms with E-state index >= 15 is 0 Å². The molecule has 236 valence electrons. The van der Waals surface area contributed by atoms with Gasteiger partial charge in [-0.05, 0) is 91.3 Å². The van der Waals surface area contributed by atoms with Crippen molar-refractivity contribution >= 4 is 18.0 Å². The number of carbonyl (C=O) groups excluding carboxylic acids is 1. The third-order valence-electron chi connectivity index (χ3n) is 11.4. The zero-order valence-corrected chi connectivity index (χ0v) is 26.9. The fourth-order valence-electron chi connectivity index (χ4n) is 9.44. The highest BCUT2D eigenvalue weighted by molar-refractivity contribution is 5.92. The van der Waals surface area contributed by atoms with Gasteiger partial charge in [0.2, 0.25) is 5.96 Å². The van der Waals surface area contributed by atoms with Crippen molar-refractivity contribution in [3.05, 3.63) is 11.6 Å². The van der Waals surface area contributed by atoms with Gasteiger partial charge in [-0.15, -0.1) is 12.8 Å². The Morgan fingerprint density at radius 3 is 2.50 bits per heavy atom. The number of nitrogens with zero attached hydrogens (tertiary/aromatic N) is 2. The third-order valence-corrected chi connectivity index (χ3v) is 11.4. The number of ether oxygens (including phenoxy) is 1. The number of hydrogen-bond acceptors (Lipinski definition) is 3. The maximum Gasteiger partial charge on any atom is 0.407 e. The van der Waals surface area contributed by atoms with E-state index in [2.05, 4.69) is 68.8 Å². The maximum atomic E-state index is 12.4. The quantitative estimate of drug-likeness (QED) is 0.0873. The molecule has 0 bridgehead atoms. The highest BCUT2D eigenvalue weighted by atomic mass is 16.6. The molecule has 3 saturated carbocycles. The molecule has 1 amide bonds. The fourth-order valence-corrected chi connectivity index (χ4v) is 9.44. The lowest BCUT2D eigenvalue weighted by atomic mass is 9.47. The van der Waals surface area contributed by atoms with Crippen LogP contribution in [0.5, 0.6) is 0 Å². The van der Waals surface area contributed by atoms with Crippen molar-refractivity contribution in [2.75, 3.05) is 13.1 Å². The van der Waals surface area contributed by atoms with Crippen LogP contribution in [0.2, 0.25) is 0 Å². The molecule has 6 unspecified atom stereocenters. The lowest BCUT2D eigenvalue weighted by Crippen LogP contribution is -2.51. The van der Waals surface area contributed by atoms with Gasteiger partial charge in [0.1, 0.15) is 6.10 Å². The molecular weight excluding hydrogens is 524 g/mol. The Balaban J connectivity index is 0.00000237. The standard InChI is InChI=1S/C32H56N6O2.C2H2/c1-20(2)7-6-8-21(3)25-11-12-26-24-10-9-22-19-23(13-15-31(22,4)27(24)14-16-32(25,26)5)40-30(39)37-18-17-36-29(35)38-28(33)34;1-2/h9,20-21,23-27H,6-8,10-19H2,1-5H3,(H,37,39)(H6,33,34,35,36,38);1-2H/t21-,23?,24+,25?,26?,27?,31?,32?;/m1./s1. The molecule has 0 aromatic carbocycles. The van der Waals surface area contributed by atoms with Gasteiger partial charge in [-0.3, -0.25) is 0 Å². The number of carbonyl (C=O) groups is 1. The van der Waals surface area contributed by atoms with Gasteiger partial charge in [0.15, 0.2) is 5.96 Å². The molecule has 4 rings (SSSR count). The predicted molar refractivity (Wildman–Crippen MR) is 174 cm³/mol. The first-order valence-electron chi connectivity index (χ1n) is 16.3. The summed E-state index contributed by atoms with van der Waals surface area (Å²) < 4.78 is 5.83. The van der Waals surface area contributed by atoms with Crippen LogP contribution < -0.4 is 22.5 Å². The molecule has 0 spiro atoms. The molecule has 7 N–H and O–H groups in total. The third kappa shape index (κ3) is 7.63. The number of terminal acetylenes is 1. The summed E-state index contributed by atoms with van der Waals surface area (Å²) in [4.78, 5) is 20.1. The summed E-state index contributed by atoms with van der Waals surface area (Å²) in [6.45, 7) is 13.0. The molecule has 0 radical (unpaired) electrons. The fraction of sp³-hybridized carbons (Fsp3) is 0.794. The van der Waals surface area contributed by atoms with Crippen molar-refractivity contribution in [1.29, 1.82) is 0 Å². The van der Waals surface area contributed by atoms with Gasteiger partial charge >= 0.3 is 6.09 Å². The van der Waals surface area contributed by atoms with Crippen molar-refractivity contribution in [3.8, 4) is 12.8 Å². The van der Waals surface area contributed by atoms with Crippen molar-refractivity contribution in [2.45, 2.75) is 111 Å². The number of guanidine groups is 2. The van der Waals surface area contributed by atoms with Crippen LogP contribution in [0.3, 0.4) is 0 Å². The summed E-state index contributed by atoms with van der Waals surface area (Å²) in [6.07, 6.45) is 23.9. The van der Waals surface area contributed by atoms with E-state index in [0.717, 1.165) is 54.8 Å². The molecule has 4 aliphatic carbocycles. The minimum atomic E-state index is -0.397. The van der Waals surface area contributed by atoms with Gasteiger partial charge in [0.05, 0.1) is 6.54 Å². The van der Waals surface area contributed by atoms with E-state index in [1.165, 1.54) is 56.9 Å². The maximum absolute atomic E-state index is 12.4. The number of rotatable bonds is 9. The first-order valence-corrected chi connectivity index (χ1v) is 16.3. The summed E-state index contributed by atoms with van der Waals surface area (Å²) >= 11 is 0. The Bertz CT molecular complexity index is 1030. The molecule has 3 fully saturated rings. The Hall–Kier alpha value is -2.69. The topological polar surface area (TPSA) is 141 Å². The summed E-state index contributed by atoms with van der Waals surface area (Å²) in [7, 11) is 0. The van der Waals surface area contributed by atoms with E-state index in [9.17, 15) is 4.79 Å². The Kier molecular flexibility index (Phi) is 11.8. The number of nitrogens with two attached hydrogens (primary N) is 3. The van der Waals surface area contributed by atoms with E-state index in [1.54, 1.807) is 0 Å². The number of allylic oxidation sites excluding steroid dienone is 1. The normalized spacial score (nSPS) is 34.4. The highest BCUT2D eigenvalue weighted by Crippen LogP contribution is 2.67. The molecule has 0 aromatic rings. The van der Waals surface area contributed by atoms with E-state index < -0.39 is 6.09 Å². The number of aliphatic imine (C=N–C) groups is 2. The summed E-state index contributed by atoms with van der Waals surface area (Å²) in [5.41, 5.74) is 18.5. The second kappa shape index (κ2) is 14.7. The average Bonchev–Trinajstić information content (AvgIpc) is 3.29. The van der Waals surface area contributed by atoms with Crippen LogP contribution in [0.4, 0.5) is 4.79 Å². The van der Waals surface area contributed by atoms with Gasteiger partial charge in [-0.25, -0.2) is 9.79 Å². The van der Waals surface area contributed by atoms with Crippen molar-refractivity contribution < 1.29 is 9.53 Å². The second-order valence-corrected chi connectivity index (χ2v) is 14.3. The summed E-state index contributed by atoms with van der Waals surface area (Å²) in [6, 6.07) is 0. The van der Waals surface area contributed by atoms with E-state index in [-0.39, 0.29) is 30.0 Å². The highest BCUT2D eigenvalue weighted by Gasteiger charge is 2.59. The number of hydrogen-bond donors (Lipinski definition) is 4.